The summed E-state index contributed by atoms with van der Waals surface area (Å²) in [5.41, 5.74) is 0. The molecule has 0 rings (SSSR count). The first-order chi connectivity index (χ1) is 4.00. The summed E-state index contributed by atoms with van der Waals surface area (Å²) in [4.78, 5) is 0. The monoisotopic (exact) mass is 345 g/mol. The molecule has 123 valence electrons. The fourth-order valence-electron chi connectivity index (χ4n) is 0. The summed E-state index contributed by atoms with van der Waals surface area (Å²) < 4.78 is 78.0. The van der Waals surface area contributed by atoms with Gasteiger partial charge in [-0.15, -0.1) is 0 Å². The Morgan fingerprint density at radius 2 is 0.353 bits per heavy atom. The molecule has 0 aromatic rings. The second-order valence-electron chi connectivity index (χ2n) is 0.990. The smallest absolute Gasteiger partial charge is 0.418 e. The molecule has 0 saturated carbocycles. The van der Waals surface area contributed by atoms with Crippen molar-refractivity contribution in [3.63, 3.8) is 0 Å². The second kappa shape index (κ2) is 24.9. The van der Waals surface area contributed by atoms with E-state index in [-0.39, 0.29) is 49.9 Å². The van der Waals surface area contributed by atoms with E-state index in [1.807, 2.05) is 0 Å². The summed E-state index contributed by atoms with van der Waals surface area (Å²) in [7, 11) is -12.0. The maximum absolute atomic E-state index is 9.75. The van der Waals surface area contributed by atoms with E-state index in [0.717, 1.165) is 0 Å². The fraction of sp³-hybridized carbons (Fsp3) is 0. The van der Waals surface area contributed by atoms with E-state index in [9.17, 15) is 34.5 Å². The van der Waals surface area contributed by atoms with Gasteiger partial charge in [0.15, 0.2) is 0 Å². The van der Waals surface area contributed by atoms with Crippen molar-refractivity contribution in [2.45, 2.75) is 0 Å². The van der Waals surface area contributed by atoms with Crippen molar-refractivity contribution in [2.24, 2.45) is 0 Å². The molecule has 6 nitrogen and oxygen atoms in total. The van der Waals surface area contributed by atoms with Crippen LogP contribution >= 0.6 is 0 Å². The van der Waals surface area contributed by atoms with Crippen molar-refractivity contribution in [3.05, 3.63) is 0 Å². The molecule has 1 radical (unpaired) electrons. The first kappa shape index (κ1) is 68.7. The van der Waals surface area contributed by atoms with Crippen LogP contribution in [0.5, 0.6) is 0 Å². The van der Waals surface area contributed by atoms with Crippen LogP contribution in [0.1, 0.15) is 0 Å². The molecule has 17 heteroatoms. The van der Waals surface area contributed by atoms with E-state index in [0.29, 0.717) is 0 Å². The van der Waals surface area contributed by atoms with Crippen LogP contribution in [0.4, 0.5) is 34.5 Å². The van der Waals surface area contributed by atoms with Gasteiger partial charge in [-0.3, -0.25) is 0 Å². The molecule has 0 aliphatic heterocycles. The Labute approximate surface area is 99.9 Å². The van der Waals surface area contributed by atoms with E-state index >= 15 is 0 Å². The van der Waals surface area contributed by atoms with Crippen LogP contribution in [-0.2, 0) is 17.1 Å². The van der Waals surface area contributed by atoms with Crippen molar-refractivity contribution in [2.75, 3.05) is 0 Å². The quantitative estimate of drug-likeness (QED) is 0.336. The SMILES string of the molecule is F[B-](F)(F)F.F[B-](F)(F)F.O.O.O.O.O.O.[Cu]. The number of rotatable bonds is 0. The van der Waals surface area contributed by atoms with E-state index in [4.69, 9.17) is 0 Å². The molecular weight excluding hydrogens is 333 g/mol. The zero-order chi connectivity index (χ0) is 9.00. The van der Waals surface area contributed by atoms with Gasteiger partial charge < -0.3 is 67.4 Å². The first-order valence-corrected chi connectivity index (χ1v) is 1.75. The number of hydrogen-bond donors (Lipinski definition) is 0. The topological polar surface area (TPSA) is 189 Å². The Hall–Kier alpha value is -0.151. The zero-order valence-electron chi connectivity index (χ0n) is 7.48. The molecule has 0 amide bonds. The summed E-state index contributed by atoms with van der Waals surface area (Å²) >= 11 is 0. The van der Waals surface area contributed by atoms with Crippen LogP contribution < -0.4 is 0 Å². The van der Waals surface area contributed by atoms with Crippen molar-refractivity contribution in [1.29, 1.82) is 0 Å². The third-order valence-electron chi connectivity index (χ3n) is 0. The maximum atomic E-state index is 9.75. The predicted octanol–water partition coefficient (Wildman–Crippen LogP) is -2.35. The molecule has 0 saturated heterocycles. The van der Waals surface area contributed by atoms with Crippen molar-refractivity contribution < 1.29 is 84.5 Å². The molecule has 0 atom stereocenters. The molecule has 17 heavy (non-hydrogen) atoms. The van der Waals surface area contributed by atoms with Gasteiger partial charge in [-0.25, -0.2) is 0 Å². The van der Waals surface area contributed by atoms with Gasteiger partial charge in [-0.05, 0) is 0 Å². The number of halogens is 8. The van der Waals surface area contributed by atoms with Gasteiger partial charge in [0.25, 0.3) is 0 Å². The average Bonchev–Trinajstić information content (AvgIpc) is 1.12. The van der Waals surface area contributed by atoms with Gasteiger partial charge in [0.05, 0.1) is 0 Å². The van der Waals surface area contributed by atoms with E-state index in [1.54, 1.807) is 0 Å². The van der Waals surface area contributed by atoms with Crippen LogP contribution in [0.25, 0.3) is 0 Å². The van der Waals surface area contributed by atoms with Crippen LogP contribution in [0.3, 0.4) is 0 Å². The van der Waals surface area contributed by atoms with E-state index < -0.39 is 14.5 Å². The van der Waals surface area contributed by atoms with E-state index in [2.05, 4.69) is 0 Å². The summed E-state index contributed by atoms with van der Waals surface area (Å²) in [5, 5.41) is 0. The van der Waals surface area contributed by atoms with Crippen molar-refractivity contribution >= 4 is 14.5 Å². The third kappa shape index (κ3) is 134000. The van der Waals surface area contributed by atoms with Gasteiger partial charge in [-0.1, -0.05) is 0 Å². The molecule has 0 aliphatic carbocycles. The molecule has 0 bridgehead atoms. The normalized spacial score (nSPS) is 7.06. The van der Waals surface area contributed by atoms with Crippen LogP contribution in [0, 0.1) is 0 Å². The molecule has 12 N–H and O–H groups in total. The Morgan fingerprint density at radius 3 is 0.353 bits per heavy atom. The average molecular weight is 345 g/mol. The largest absolute Gasteiger partial charge is 0.673 e. The molecular formula is H12B2CuF8O6-2. The van der Waals surface area contributed by atoms with Crippen molar-refractivity contribution in [3.8, 4) is 0 Å². The Kier molecular flexibility index (Phi) is 101. The minimum atomic E-state index is -6.00. The Balaban J connectivity index is -0.00000000762. The third-order valence-corrected chi connectivity index (χ3v) is 0. The molecule has 0 heterocycles. The van der Waals surface area contributed by atoms with Crippen LogP contribution in [-0.4, -0.2) is 47.4 Å². The molecule has 0 fully saturated rings. The predicted molar refractivity (Wildman–Crippen MR) is 42.1 cm³/mol. The zero-order valence-corrected chi connectivity index (χ0v) is 8.42. The molecule has 0 aromatic carbocycles. The van der Waals surface area contributed by atoms with Gasteiger partial charge in [0.1, 0.15) is 0 Å². The van der Waals surface area contributed by atoms with Gasteiger partial charge in [0.2, 0.25) is 0 Å². The van der Waals surface area contributed by atoms with Gasteiger partial charge >= 0.3 is 14.5 Å². The minimum absolute atomic E-state index is 0. The molecule has 0 unspecified atom stereocenters. The molecule has 0 aliphatic rings. The van der Waals surface area contributed by atoms with Gasteiger partial charge in [0, 0.05) is 17.1 Å². The Bertz CT molecular complexity index is 71.0. The number of hydrogen-bond acceptors (Lipinski definition) is 0. The van der Waals surface area contributed by atoms with E-state index in [1.165, 1.54) is 0 Å². The summed E-state index contributed by atoms with van der Waals surface area (Å²) in [5.74, 6) is 0. The Morgan fingerprint density at radius 1 is 0.353 bits per heavy atom. The second-order valence-corrected chi connectivity index (χ2v) is 0.990. The summed E-state index contributed by atoms with van der Waals surface area (Å²) in [6, 6.07) is 0. The van der Waals surface area contributed by atoms with Gasteiger partial charge in [-0.2, -0.15) is 0 Å². The summed E-state index contributed by atoms with van der Waals surface area (Å²) in [6.45, 7) is 0. The maximum Gasteiger partial charge on any atom is 0.673 e. The van der Waals surface area contributed by atoms with Crippen LogP contribution in [0.2, 0.25) is 0 Å². The van der Waals surface area contributed by atoms with Crippen LogP contribution in [0.15, 0.2) is 0 Å². The molecule has 0 spiro atoms. The minimum Gasteiger partial charge on any atom is -0.418 e. The summed E-state index contributed by atoms with van der Waals surface area (Å²) in [6.07, 6.45) is 0. The molecule has 0 aromatic heterocycles. The first-order valence-electron chi connectivity index (χ1n) is 1.75. The standard InChI is InChI=1S/2BF4.Cu.6H2O/c2*2-1(3,4)5;;;;;;;/h;;;6*1H2/q2*-1;;;;;;;. The van der Waals surface area contributed by atoms with Crippen molar-refractivity contribution in [1.82, 2.24) is 0 Å². The fourth-order valence-corrected chi connectivity index (χ4v) is 0.